The molecule has 4 rings (SSSR count). The second-order valence-corrected chi connectivity index (χ2v) is 6.84. The van der Waals surface area contributed by atoms with E-state index < -0.39 is 11.2 Å². The van der Waals surface area contributed by atoms with Gasteiger partial charge in [-0.05, 0) is 44.0 Å². The summed E-state index contributed by atoms with van der Waals surface area (Å²) < 4.78 is 14.4. The third-order valence-electron chi connectivity index (χ3n) is 4.76. The van der Waals surface area contributed by atoms with Crippen molar-refractivity contribution in [3.05, 3.63) is 66.3 Å². The van der Waals surface area contributed by atoms with E-state index >= 15 is 0 Å². The maximum Gasteiger partial charge on any atom is 0.241 e. The minimum atomic E-state index is -0.743. The molecule has 3 heterocycles. The molecule has 5 nitrogen and oxygen atoms in total. The summed E-state index contributed by atoms with van der Waals surface area (Å²) in [5.74, 6) is -0.0183. The molecule has 0 spiro atoms. The molecule has 6 heteroatoms. The number of hydrogen-bond donors (Lipinski definition) is 0. The quantitative estimate of drug-likeness (QED) is 0.704. The van der Waals surface area contributed by atoms with E-state index in [9.17, 15) is 9.18 Å². The summed E-state index contributed by atoms with van der Waals surface area (Å²) in [5.41, 5.74) is 2.69. The number of amides is 1. The number of halogens is 1. The number of pyridine rings is 1. The zero-order valence-electron chi connectivity index (χ0n) is 14.7. The smallest absolute Gasteiger partial charge is 0.241 e. The minimum absolute atomic E-state index is 0.171. The van der Waals surface area contributed by atoms with Crippen LogP contribution in [-0.2, 0) is 10.2 Å². The van der Waals surface area contributed by atoms with Crippen LogP contribution in [0, 0.1) is 12.7 Å². The third kappa shape index (κ3) is 2.37. The second-order valence-electron chi connectivity index (χ2n) is 6.84. The Kier molecular flexibility index (Phi) is 3.57. The van der Waals surface area contributed by atoms with E-state index in [2.05, 4.69) is 15.0 Å². The normalized spacial score (nSPS) is 15.2. The molecule has 0 fully saturated rings. The molecule has 3 aromatic rings. The van der Waals surface area contributed by atoms with Crippen molar-refractivity contribution in [3.63, 3.8) is 0 Å². The third-order valence-corrected chi connectivity index (χ3v) is 4.76. The van der Waals surface area contributed by atoms with Crippen LogP contribution >= 0.6 is 0 Å². The monoisotopic (exact) mass is 348 g/mol. The molecule has 0 unspecified atom stereocenters. The fourth-order valence-electron chi connectivity index (χ4n) is 3.26. The first-order valence-electron chi connectivity index (χ1n) is 8.27. The summed E-state index contributed by atoms with van der Waals surface area (Å²) in [5, 5.41) is 0. The number of benzene rings is 1. The minimum Gasteiger partial charge on any atom is -0.277 e. The molecule has 0 saturated carbocycles. The van der Waals surface area contributed by atoms with Gasteiger partial charge in [-0.3, -0.25) is 14.7 Å². The first-order chi connectivity index (χ1) is 12.4. The Balaban J connectivity index is 1.91. The molecule has 130 valence electrons. The number of rotatable bonds is 2. The van der Waals surface area contributed by atoms with Crippen LogP contribution in [0.15, 0.2) is 49.1 Å². The van der Waals surface area contributed by atoms with Crippen molar-refractivity contribution < 1.29 is 9.18 Å². The summed E-state index contributed by atoms with van der Waals surface area (Å²) >= 11 is 0. The highest BCUT2D eigenvalue weighted by molar-refractivity contribution is 6.13. The average Bonchev–Trinajstić information content (AvgIpc) is 2.82. The number of nitrogens with zero attached hydrogens (tertiary/aromatic N) is 4. The van der Waals surface area contributed by atoms with Crippen LogP contribution in [0.4, 0.5) is 15.8 Å². The summed E-state index contributed by atoms with van der Waals surface area (Å²) in [6.07, 6.45) is 6.08. The van der Waals surface area contributed by atoms with E-state index in [1.165, 1.54) is 17.2 Å². The standard InChI is InChI=1S/C20H17FN4O/c1-12-23-9-14(10-24-12)13-4-5-15-18(8-13)25(19(26)20(15,2)3)17-6-7-22-11-16(17)21/h4-11H,1-3H3. The van der Waals surface area contributed by atoms with Gasteiger partial charge in [-0.25, -0.2) is 14.4 Å². The van der Waals surface area contributed by atoms with Gasteiger partial charge in [0.2, 0.25) is 5.91 Å². The van der Waals surface area contributed by atoms with Gasteiger partial charge in [0, 0.05) is 24.2 Å². The lowest BCUT2D eigenvalue weighted by atomic mass is 9.85. The van der Waals surface area contributed by atoms with Gasteiger partial charge < -0.3 is 0 Å². The molecule has 1 aliphatic heterocycles. The highest BCUT2D eigenvalue weighted by atomic mass is 19.1. The first-order valence-corrected chi connectivity index (χ1v) is 8.27. The lowest BCUT2D eigenvalue weighted by molar-refractivity contribution is -0.121. The SMILES string of the molecule is Cc1ncc(-c2ccc3c(c2)N(c2ccncc2F)C(=O)C3(C)C)cn1. The van der Waals surface area contributed by atoms with Gasteiger partial charge in [0.25, 0.3) is 0 Å². The van der Waals surface area contributed by atoms with Gasteiger partial charge in [0.1, 0.15) is 5.82 Å². The van der Waals surface area contributed by atoms with Crippen LogP contribution in [-0.4, -0.2) is 20.9 Å². The lowest BCUT2D eigenvalue weighted by Gasteiger charge is -2.20. The summed E-state index contributed by atoms with van der Waals surface area (Å²) in [4.78, 5) is 26.7. The van der Waals surface area contributed by atoms with Crippen LogP contribution in [0.2, 0.25) is 0 Å². The molecule has 1 amide bonds. The molecule has 1 aromatic carbocycles. The van der Waals surface area contributed by atoms with Gasteiger partial charge in [-0.2, -0.15) is 0 Å². The molecule has 0 N–H and O–H groups in total. The Morgan fingerprint density at radius 3 is 2.42 bits per heavy atom. The number of aryl methyl sites for hydroxylation is 1. The topological polar surface area (TPSA) is 59.0 Å². The maximum atomic E-state index is 14.4. The lowest BCUT2D eigenvalue weighted by Crippen LogP contribution is -2.33. The molecule has 2 aromatic heterocycles. The number of fused-ring (bicyclic) bond motifs is 1. The molecule has 0 bridgehead atoms. The van der Waals surface area contributed by atoms with Gasteiger partial charge in [0.05, 0.1) is 23.0 Å². The summed E-state index contributed by atoms with van der Waals surface area (Å²) in [6, 6.07) is 7.26. The van der Waals surface area contributed by atoms with E-state index in [4.69, 9.17) is 0 Å². The number of aromatic nitrogens is 3. The zero-order chi connectivity index (χ0) is 18.5. The van der Waals surface area contributed by atoms with Crippen LogP contribution in [0.5, 0.6) is 0 Å². The predicted octanol–water partition coefficient (Wildman–Crippen LogP) is 3.94. The summed E-state index contributed by atoms with van der Waals surface area (Å²) in [7, 11) is 0. The van der Waals surface area contributed by atoms with E-state index in [0.29, 0.717) is 11.5 Å². The van der Waals surface area contributed by atoms with Crippen LogP contribution < -0.4 is 4.90 Å². The van der Waals surface area contributed by atoms with Crippen molar-refractivity contribution in [2.45, 2.75) is 26.2 Å². The van der Waals surface area contributed by atoms with E-state index in [0.717, 1.165) is 22.9 Å². The summed E-state index contributed by atoms with van der Waals surface area (Å²) in [6.45, 7) is 5.52. The van der Waals surface area contributed by atoms with Crippen LogP contribution in [0.1, 0.15) is 25.2 Å². The van der Waals surface area contributed by atoms with E-state index in [1.54, 1.807) is 12.4 Å². The van der Waals surface area contributed by atoms with Crippen molar-refractivity contribution in [3.8, 4) is 11.1 Å². The van der Waals surface area contributed by atoms with E-state index in [1.807, 2.05) is 39.0 Å². The highest BCUT2D eigenvalue weighted by Gasteiger charge is 2.45. The molecule has 26 heavy (non-hydrogen) atoms. The van der Waals surface area contributed by atoms with Crippen molar-refractivity contribution in [1.82, 2.24) is 15.0 Å². The van der Waals surface area contributed by atoms with Crippen molar-refractivity contribution >= 4 is 17.3 Å². The van der Waals surface area contributed by atoms with E-state index in [-0.39, 0.29) is 11.6 Å². The predicted molar refractivity (Wildman–Crippen MR) is 96.6 cm³/mol. The molecule has 0 radical (unpaired) electrons. The highest BCUT2D eigenvalue weighted by Crippen LogP contribution is 2.47. The van der Waals surface area contributed by atoms with Crippen molar-refractivity contribution in [1.29, 1.82) is 0 Å². The molecule has 0 aliphatic carbocycles. The molecule has 0 atom stereocenters. The second kappa shape index (κ2) is 5.69. The molecular formula is C20H17FN4O. The number of anilines is 2. The number of carbonyl (C=O) groups excluding carboxylic acids is 1. The molecule has 1 aliphatic rings. The van der Waals surface area contributed by atoms with Crippen LogP contribution in [0.3, 0.4) is 0 Å². The Labute approximate surface area is 150 Å². The molecular weight excluding hydrogens is 331 g/mol. The Morgan fingerprint density at radius 1 is 1.00 bits per heavy atom. The largest absolute Gasteiger partial charge is 0.277 e. The Morgan fingerprint density at radius 2 is 1.73 bits per heavy atom. The fourth-order valence-corrected chi connectivity index (χ4v) is 3.26. The maximum absolute atomic E-state index is 14.4. The zero-order valence-corrected chi connectivity index (χ0v) is 14.7. The Hall–Kier alpha value is -3.15. The van der Waals surface area contributed by atoms with Gasteiger partial charge >= 0.3 is 0 Å². The van der Waals surface area contributed by atoms with Gasteiger partial charge in [-0.15, -0.1) is 0 Å². The Bertz CT molecular complexity index is 1010. The first kappa shape index (κ1) is 16.3. The number of carbonyl (C=O) groups is 1. The van der Waals surface area contributed by atoms with Gasteiger partial charge in [-0.1, -0.05) is 12.1 Å². The molecule has 0 saturated heterocycles. The fraction of sp³-hybridized carbons (Fsp3) is 0.200. The van der Waals surface area contributed by atoms with Crippen LogP contribution in [0.25, 0.3) is 11.1 Å². The van der Waals surface area contributed by atoms with Crippen molar-refractivity contribution in [2.75, 3.05) is 4.90 Å². The van der Waals surface area contributed by atoms with Crippen molar-refractivity contribution in [2.24, 2.45) is 0 Å². The number of hydrogen-bond acceptors (Lipinski definition) is 4. The average molecular weight is 348 g/mol. The van der Waals surface area contributed by atoms with Gasteiger partial charge in [0.15, 0.2) is 5.82 Å².